The molecular formula is C16H16O2. The third kappa shape index (κ3) is 2.92. The number of phenols is 1. The molecule has 0 aliphatic heterocycles. The number of benzene rings is 2. The fraction of sp³-hybridized carbons (Fsp3) is 0.125. The third-order valence-electron chi connectivity index (χ3n) is 2.75. The number of aryl methyl sites for hydroxylation is 1. The van der Waals surface area contributed by atoms with Crippen molar-refractivity contribution in [2.75, 3.05) is 7.11 Å². The summed E-state index contributed by atoms with van der Waals surface area (Å²) in [6.45, 7) is 2.07. The molecule has 0 spiro atoms. The number of phenolic OH excluding ortho intramolecular Hbond substituents is 1. The minimum Gasteiger partial charge on any atom is -0.504 e. The van der Waals surface area contributed by atoms with Crippen molar-refractivity contribution in [1.82, 2.24) is 0 Å². The predicted molar refractivity (Wildman–Crippen MR) is 74.8 cm³/mol. The zero-order chi connectivity index (χ0) is 13.0. The van der Waals surface area contributed by atoms with Crippen LogP contribution >= 0.6 is 0 Å². The van der Waals surface area contributed by atoms with Crippen molar-refractivity contribution in [1.29, 1.82) is 0 Å². The van der Waals surface area contributed by atoms with Gasteiger partial charge in [0.05, 0.1) is 7.11 Å². The summed E-state index contributed by atoms with van der Waals surface area (Å²) >= 11 is 0. The lowest BCUT2D eigenvalue weighted by atomic mass is 10.1. The Bertz CT molecular complexity index is 554. The SMILES string of the molecule is COc1cc(/C=C/c2ccc(C)cc2)ccc1O. The molecule has 0 saturated heterocycles. The quantitative estimate of drug-likeness (QED) is 0.825. The minimum atomic E-state index is 0.157. The van der Waals surface area contributed by atoms with Gasteiger partial charge in [-0.05, 0) is 30.2 Å². The summed E-state index contributed by atoms with van der Waals surface area (Å²) < 4.78 is 5.07. The largest absolute Gasteiger partial charge is 0.504 e. The molecule has 2 rings (SSSR count). The number of ether oxygens (including phenoxy) is 1. The van der Waals surface area contributed by atoms with Gasteiger partial charge < -0.3 is 9.84 Å². The third-order valence-corrected chi connectivity index (χ3v) is 2.75. The molecule has 0 aliphatic rings. The van der Waals surface area contributed by atoms with Crippen molar-refractivity contribution in [3.05, 3.63) is 59.2 Å². The Morgan fingerprint density at radius 1 is 0.944 bits per heavy atom. The molecule has 0 aliphatic carbocycles. The van der Waals surface area contributed by atoms with E-state index in [1.807, 2.05) is 18.2 Å². The van der Waals surface area contributed by atoms with Gasteiger partial charge >= 0.3 is 0 Å². The van der Waals surface area contributed by atoms with Gasteiger partial charge in [0, 0.05) is 0 Å². The van der Waals surface area contributed by atoms with E-state index in [0.29, 0.717) is 5.75 Å². The predicted octanol–water partition coefficient (Wildman–Crippen LogP) is 3.88. The van der Waals surface area contributed by atoms with E-state index in [0.717, 1.165) is 11.1 Å². The van der Waals surface area contributed by atoms with Crippen LogP contribution in [0.15, 0.2) is 42.5 Å². The zero-order valence-electron chi connectivity index (χ0n) is 10.6. The highest BCUT2D eigenvalue weighted by Gasteiger charge is 2.00. The number of methoxy groups -OCH3 is 1. The Morgan fingerprint density at radius 2 is 1.56 bits per heavy atom. The van der Waals surface area contributed by atoms with E-state index >= 15 is 0 Å². The molecule has 0 fully saturated rings. The molecule has 92 valence electrons. The zero-order valence-corrected chi connectivity index (χ0v) is 10.6. The molecule has 0 amide bonds. The van der Waals surface area contributed by atoms with Gasteiger partial charge in [-0.15, -0.1) is 0 Å². The molecule has 1 N–H and O–H groups in total. The Kier molecular flexibility index (Phi) is 3.68. The van der Waals surface area contributed by atoms with Gasteiger partial charge in [-0.2, -0.15) is 0 Å². The van der Waals surface area contributed by atoms with E-state index < -0.39 is 0 Å². The molecule has 2 aromatic carbocycles. The number of aromatic hydroxyl groups is 1. The molecule has 0 unspecified atom stereocenters. The summed E-state index contributed by atoms with van der Waals surface area (Å²) in [5.74, 6) is 0.644. The summed E-state index contributed by atoms with van der Waals surface area (Å²) in [6.07, 6.45) is 4.03. The molecule has 2 nitrogen and oxygen atoms in total. The maximum Gasteiger partial charge on any atom is 0.161 e. The van der Waals surface area contributed by atoms with Crippen molar-refractivity contribution in [3.63, 3.8) is 0 Å². The molecule has 0 atom stereocenters. The molecule has 2 heteroatoms. The van der Waals surface area contributed by atoms with Crippen LogP contribution in [0.4, 0.5) is 0 Å². The van der Waals surface area contributed by atoms with Crippen molar-refractivity contribution < 1.29 is 9.84 Å². The van der Waals surface area contributed by atoms with Gasteiger partial charge in [0.25, 0.3) is 0 Å². The highest BCUT2D eigenvalue weighted by atomic mass is 16.5. The second-order valence-electron chi connectivity index (χ2n) is 4.18. The van der Waals surface area contributed by atoms with Crippen LogP contribution in [0.1, 0.15) is 16.7 Å². The van der Waals surface area contributed by atoms with Crippen molar-refractivity contribution in [3.8, 4) is 11.5 Å². The van der Waals surface area contributed by atoms with Crippen molar-refractivity contribution >= 4 is 12.2 Å². The summed E-state index contributed by atoms with van der Waals surface area (Å²) in [7, 11) is 1.54. The molecule has 18 heavy (non-hydrogen) atoms. The van der Waals surface area contributed by atoms with Gasteiger partial charge in [0.15, 0.2) is 11.5 Å². The first-order chi connectivity index (χ1) is 8.69. The summed E-state index contributed by atoms with van der Waals surface area (Å²) in [4.78, 5) is 0. The van der Waals surface area contributed by atoms with E-state index in [9.17, 15) is 5.11 Å². The van der Waals surface area contributed by atoms with Crippen LogP contribution in [0.2, 0.25) is 0 Å². The van der Waals surface area contributed by atoms with Crippen LogP contribution in [0.25, 0.3) is 12.2 Å². The van der Waals surface area contributed by atoms with Gasteiger partial charge in [-0.1, -0.05) is 48.0 Å². The number of hydrogen-bond donors (Lipinski definition) is 1. The minimum absolute atomic E-state index is 0.157. The average molecular weight is 240 g/mol. The topological polar surface area (TPSA) is 29.5 Å². The fourth-order valence-electron chi connectivity index (χ4n) is 1.67. The molecule has 0 aromatic heterocycles. The van der Waals surface area contributed by atoms with Crippen molar-refractivity contribution in [2.45, 2.75) is 6.92 Å². The van der Waals surface area contributed by atoms with Crippen LogP contribution in [-0.2, 0) is 0 Å². The maximum atomic E-state index is 9.50. The fourth-order valence-corrected chi connectivity index (χ4v) is 1.67. The van der Waals surface area contributed by atoms with Gasteiger partial charge in [0.1, 0.15) is 0 Å². The van der Waals surface area contributed by atoms with Crippen LogP contribution < -0.4 is 4.74 Å². The van der Waals surface area contributed by atoms with Crippen LogP contribution in [0.3, 0.4) is 0 Å². The highest BCUT2D eigenvalue weighted by Crippen LogP contribution is 2.27. The molecule has 0 radical (unpaired) electrons. The lowest BCUT2D eigenvalue weighted by Gasteiger charge is -2.03. The summed E-state index contributed by atoms with van der Waals surface area (Å²) in [6, 6.07) is 13.6. The number of hydrogen-bond acceptors (Lipinski definition) is 2. The average Bonchev–Trinajstić information content (AvgIpc) is 2.39. The van der Waals surface area contributed by atoms with Crippen molar-refractivity contribution in [2.24, 2.45) is 0 Å². The van der Waals surface area contributed by atoms with Gasteiger partial charge in [-0.3, -0.25) is 0 Å². The lowest BCUT2D eigenvalue weighted by molar-refractivity contribution is 0.373. The monoisotopic (exact) mass is 240 g/mol. The molecule has 0 heterocycles. The van der Waals surface area contributed by atoms with E-state index in [4.69, 9.17) is 4.74 Å². The highest BCUT2D eigenvalue weighted by molar-refractivity contribution is 5.70. The summed E-state index contributed by atoms with van der Waals surface area (Å²) in [5.41, 5.74) is 3.39. The molecule has 2 aromatic rings. The van der Waals surface area contributed by atoms with E-state index in [1.165, 1.54) is 5.56 Å². The maximum absolute atomic E-state index is 9.50. The van der Waals surface area contributed by atoms with Gasteiger partial charge in [0.2, 0.25) is 0 Å². The van der Waals surface area contributed by atoms with E-state index in [2.05, 4.69) is 31.2 Å². The Labute approximate surface area is 107 Å². The molecule has 0 bridgehead atoms. The smallest absolute Gasteiger partial charge is 0.161 e. The van der Waals surface area contributed by atoms with Gasteiger partial charge in [-0.25, -0.2) is 0 Å². The van der Waals surface area contributed by atoms with Crippen LogP contribution in [0.5, 0.6) is 11.5 Å². The van der Waals surface area contributed by atoms with Crippen LogP contribution in [-0.4, -0.2) is 12.2 Å². The Balaban J connectivity index is 2.20. The number of rotatable bonds is 3. The second-order valence-corrected chi connectivity index (χ2v) is 4.18. The van der Waals surface area contributed by atoms with E-state index in [-0.39, 0.29) is 5.75 Å². The first-order valence-corrected chi connectivity index (χ1v) is 5.81. The molecular weight excluding hydrogens is 224 g/mol. The second kappa shape index (κ2) is 5.41. The molecule has 0 saturated carbocycles. The lowest BCUT2D eigenvalue weighted by Crippen LogP contribution is -1.84. The first kappa shape index (κ1) is 12.2. The van der Waals surface area contributed by atoms with Crippen LogP contribution in [0, 0.1) is 6.92 Å². The standard InChI is InChI=1S/C16H16O2/c1-12-3-5-13(6-4-12)7-8-14-9-10-15(17)16(11-14)18-2/h3-11,17H,1-2H3/b8-7+. The Hall–Kier alpha value is -2.22. The summed E-state index contributed by atoms with van der Waals surface area (Å²) in [5, 5.41) is 9.50. The van der Waals surface area contributed by atoms with E-state index in [1.54, 1.807) is 19.2 Å². The Morgan fingerprint density at radius 3 is 2.22 bits per heavy atom. The normalized spacial score (nSPS) is 10.8. The first-order valence-electron chi connectivity index (χ1n) is 5.81.